The molecule has 1 aromatic heterocycles. The third-order valence-corrected chi connectivity index (χ3v) is 7.57. The van der Waals surface area contributed by atoms with Crippen LogP contribution in [0, 0.1) is 13.8 Å². The van der Waals surface area contributed by atoms with Crippen LogP contribution in [-0.2, 0) is 30.2 Å². The van der Waals surface area contributed by atoms with E-state index >= 15 is 0 Å². The fraction of sp³-hybridized carbons (Fsp3) is 0.343. The molecule has 3 aromatic carbocycles. The van der Waals surface area contributed by atoms with Crippen LogP contribution in [0.1, 0.15) is 71.6 Å². The molecule has 0 aliphatic heterocycles. The third kappa shape index (κ3) is 9.46. The van der Waals surface area contributed by atoms with E-state index in [9.17, 15) is 31.1 Å². The van der Waals surface area contributed by atoms with E-state index in [0.29, 0.717) is 12.1 Å². The fourth-order valence-corrected chi connectivity index (χ4v) is 5.06. The Morgan fingerprint density at radius 1 is 0.851 bits per heavy atom. The van der Waals surface area contributed by atoms with Crippen molar-refractivity contribution in [1.82, 2.24) is 9.97 Å². The molecule has 0 unspecified atom stereocenters. The first-order valence-electron chi connectivity index (χ1n) is 14.9. The van der Waals surface area contributed by atoms with Gasteiger partial charge < -0.3 is 14.7 Å². The second-order valence-corrected chi connectivity index (χ2v) is 11.7. The fourth-order valence-electron chi connectivity index (χ4n) is 5.06. The quantitative estimate of drug-likeness (QED) is 0.121. The van der Waals surface area contributed by atoms with Crippen molar-refractivity contribution in [3.8, 4) is 16.9 Å². The lowest BCUT2D eigenvalue weighted by Crippen LogP contribution is -2.25. The van der Waals surface area contributed by atoms with Gasteiger partial charge >= 0.3 is 18.3 Å². The van der Waals surface area contributed by atoms with Crippen LogP contribution in [0.2, 0.25) is 0 Å². The summed E-state index contributed by atoms with van der Waals surface area (Å²) in [4.78, 5) is 20.9. The van der Waals surface area contributed by atoms with Crippen molar-refractivity contribution >= 4 is 11.9 Å². The van der Waals surface area contributed by atoms with Gasteiger partial charge in [0.1, 0.15) is 0 Å². The molecule has 0 spiro atoms. The van der Waals surface area contributed by atoms with Gasteiger partial charge in [0.2, 0.25) is 5.95 Å². The molecule has 0 radical (unpaired) electrons. The van der Waals surface area contributed by atoms with Gasteiger partial charge in [-0.2, -0.15) is 26.3 Å². The first-order valence-corrected chi connectivity index (χ1v) is 14.9. The molecule has 1 N–H and O–H groups in total. The highest BCUT2D eigenvalue weighted by atomic mass is 19.4. The van der Waals surface area contributed by atoms with Gasteiger partial charge in [-0.3, -0.25) is 4.79 Å². The van der Waals surface area contributed by atoms with Crippen LogP contribution in [0.5, 0.6) is 5.75 Å². The topological polar surface area (TPSA) is 75.6 Å². The van der Waals surface area contributed by atoms with Crippen LogP contribution >= 0.6 is 0 Å². The molecule has 0 amide bonds. The van der Waals surface area contributed by atoms with Crippen LogP contribution in [0.4, 0.5) is 32.3 Å². The van der Waals surface area contributed by atoms with Crippen LogP contribution in [-0.4, -0.2) is 27.7 Å². The molecule has 0 saturated heterocycles. The van der Waals surface area contributed by atoms with Gasteiger partial charge in [-0.15, -0.1) is 0 Å². The highest BCUT2D eigenvalue weighted by Crippen LogP contribution is 2.37. The van der Waals surface area contributed by atoms with Crippen molar-refractivity contribution in [2.75, 3.05) is 11.5 Å². The van der Waals surface area contributed by atoms with Crippen LogP contribution in [0.25, 0.3) is 11.1 Å². The van der Waals surface area contributed by atoms with Gasteiger partial charge in [-0.05, 0) is 77.8 Å². The van der Waals surface area contributed by atoms with E-state index in [1.807, 2.05) is 38.1 Å². The summed E-state index contributed by atoms with van der Waals surface area (Å²) in [5.74, 6) is -0.440. The summed E-state index contributed by atoms with van der Waals surface area (Å²) in [6.45, 7) is 7.84. The smallest absolute Gasteiger partial charge is 0.416 e. The van der Waals surface area contributed by atoms with Gasteiger partial charge in [-0.25, -0.2) is 9.97 Å². The number of benzene rings is 3. The molecule has 1 heterocycles. The molecule has 47 heavy (non-hydrogen) atoms. The molecule has 250 valence electrons. The molecular formula is C35H35F6N3O3. The van der Waals surface area contributed by atoms with E-state index in [-0.39, 0.29) is 61.8 Å². The Bertz CT molecular complexity index is 1670. The molecule has 0 bridgehead atoms. The number of nitrogens with zero attached hydrogens (tertiary/aromatic N) is 3. The van der Waals surface area contributed by atoms with E-state index in [1.54, 1.807) is 0 Å². The lowest BCUT2D eigenvalue weighted by atomic mass is 9.90. The number of carbonyl (C=O) groups is 1. The zero-order valence-electron chi connectivity index (χ0n) is 26.3. The van der Waals surface area contributed by atoms with Crippen molar-refractivity contribution in [2.24, 2.45) is 0 Å². The van der Waals surface area contributed by atoms with Crippen molar-refractivity contribution in [1.29, 1.82) is 0 Å². The van der Waals surface area contributed by atoms with Gasteiger partial charge in [-0.1, -0.05) is 55.8 Å². The summed E-state index contributed by atoms with van der Waals surface area (Å²) in [7, 11) is 0. The minimum atomic E-state index is -5.00. The SMILES string of the molecule is Cc1ccc(CN(Cc2cc(C(F)(F)F)cc(C(F)(F)F)c2)c2ncc(OCCCC(=O)O)cn2)c(-c2cc(C(C)C)ccc2C)c1. The summed E-state index contributed by atoms with van der Waals surface area (Å²) >= 11 is 0. The van der Waals surface area contributed by atoms with Crippen LogP contribution < -0.4 is 9.64 Å². The number of hydrogen-bond donors (Lipinski definition) is 1. The second kappa shape index (κ2) is 14.4. The number of aromatic nitrogens is 2. The Balaban J connectivity index is 1.78. The number of carboxylic acids is 1. The van der Waals surface area contributed by atoms with Crippen molar-refractivity contribution in [3.05, 3.63) is 106 Å². The lowest BCUT2D eigenvalue weighted by molar-refractivity contribution is -0.143. The van der Waals surface area contributed by atoms with E-state index < -0.39 is 29.4 Å². The Labute approximate surface area is 269 Å². The maximum Gasteiger partial charge on any atom is 0.416 e. The Morgan fingerprint density at radius 2 is 1.49 bits per heavy atom. The number of hydrogen-bond acceptors (Lipinski definition) is 5. The highest BCUT2D eigenvalue weighted by Gasteiger charge is 2.37. The second-order valence-electron chi connectivity index (χ2n) is 11.7. The number of halogens is 6. The Morgan fingerprint density at radius 3 is 2.06 bits per heavy atom. The third-order valence-electron chi connectivity index (χ3n) is 7.57. The summed E-state index contributed by atoms with van der Waals surface area (Å²) < 4.78 is 87.8. The number of aliphatic carboxylic acids is 1. The first-order chi connectivity index (χ1) is 22.0. The molecule has 0 saturated carbocycles. The number of ether oxygens (including phenoxy) is 1. The predicted molar refractivity (Wildman–Crippen MR) is 166 cm³/mol. The van der Waals surface area contributed by atoms with Gasteiger partial charge in [0.25, 0.3) is 0 Å². The van der Waals surface area contributed by atoms with Crippen molar-refractivity contribution in [3.63, 3.8) is 0 Å². The molecule has 0 aliphatic carbocycles. The van der Waals surface area contributed by atoms with Gasteiger partial charge in [0.15, 0.2) is 5.75 Å². The maximum atomic E-state index is 13.7. The van der Waals surface area contributed by atoms with Crippen LogP contribution in [0.3, 0.4) is 0 Å². The van der Waals surface area contributed by atoms with Crippen LogP contribution in [0.15, 0.2) is 67.0 Å². The number of rotatable bonds is 12. The number of alkyl halides is 6. The molecule has 4 aromatic rings. The molecule has 0 atom stereocenters. The monoisotopic (exact) mass is 659 g/mol. The number of carboxylic acid groups (broad SMARTS) is 1. The summed E-state index contributed by atoms with van der Waals surface area (Å²) in [5, 5.41) is 8.82. The number of anilines is 1. The Hall–Kier alpha value is -4.61. The summed E-state index contributed by atoms with van der Waals surface area (Å²) in [6, 6.07) is 13.4. The van der Waals surface area contributed by atoms with Gasteiger partial charge in [0, 0.05) is 19.5 Å². The molecule has 6 nitrogen and oxygen atoms in total. The summed E-state index contributed by atoms with van der Waals surface area (Å²) in [5.41, 5.74) is 2.63. The highest BCUT2D eigenvalue weighted by molar-refractivity contribution is 5.72. The standard InChI is InChI=1S/C35H35F6N3O3/c1-21(2)25-10-8-23(4)30(15-25)31-12-22(3)7-9-26(31)20-44(33-42-17-29(18-43-33)47-11-5-6-32(45)46)19-24-13-27(34(36,37)38)16-28(14-24)35(39,40)41/h7-10,12-18,21H,5-6,11,19-20H2,1-4H3,(H,45,46). The zero-order chi connectivity index (χ0) is 34.5. The average Bonchev–Trinajstić information content (AvgIpc) is 2.99. The molecule has 12 heteroatoms. The maximum absolute atomic E-state index is 13.7. The average molecular weight is 660 g/mol. The zero-order valence-corrected chi connectivity index (χ0v) is 26.3. The molecular weight excluding hydrogens is 624 g/mol. The van der Waals surface area contributed by atoms with E-state index in [0.717, 1.165) is 33.4 Å². The Kier molecular flexibility index (Phi) is 10.8. The summed E-state index contributed by atoms with van der Waals surface area (Å²) in [6.07, 6.45) is -7.19. The van der Waals surface area contributed by atoms with E-state index in [1.165, 1.54) is 17.3 Å². The predicted octanol–water partition coefficient (Wildman–Crippen LogP) is 9.37. The first kappa shape index (κ1) is 35.2. The molecule has 0 aliphatic rings. The molecule has 0 fully saturated rings. The lowest BCUT2D eigenvalue weighted by Gasteiger charge is -2.26. The normalized spacial score (nSPS) is 12.0. The largest absolute Gasteiger partial charge is 0.490 e. The van der Waals surface area contributed by atoms with Crippen molar-refractivity contribution in [2.45, 2.75) is 71.9 Å². The van der Waals surface area contributed by atoms with Crippen molar-refractivity contribution < 1.29 is 41.0 Å². The molecule has 4 rings (SSSR count). The number of aryl methyl sites for hydroxylation is 2. The minimum absolute atomic E-state index is 0.0491. The van der Waals surface area contributed by atoms with Gasteiger partial charge in [0.05, 0.1) is 30.1 Å². The minimum Gasteiger partial charge on any atom is -0.490 e. The van der Waals surface area contributed by atoms with E-state index in [4.69, 9.17) is 9.84 Å². The van der Waals surface area contributed by atoms with E-state index in [2.05, 4.69) is 35.9 Å².